The van der Waals surface area contributed by atoms with Crippen LogP contribution in [0.4, 0.5) is 5.69 Å². The van der Waals surface area contributed by atoms with Gasteiger partial charge in [0, 0.05) is 0 Å². The average molecular weight is 279 g/mol. The third-order valence-corrected chi connectivity index (χ3v) is 3.26. The molecule has 0 fully saturated rings. The van der Waals surface area contributed by atoms with Crippen molar-refractivity contribution in [1.29, 1.82) is 0 Å². The number of phenols is 2. The molecule has 3 N–H and O–H groups in total. The standard InChI is InChI=1S/C17H13NO3/c19-15-8-4-3-7-14(15)18-17(21)13-9-11-5-1-2-6-12(11)10-16(13)20/h1-10,19-20H,(H,18,21). The number of fused-ring (bicyclic) bond motifs is 1. The summed E-state index contributed by atoms with van der Waals surface area (Å²) in [5, 5.41) is 24.0. The van der Waals surface area contributed by atoms with E-state index in [0.29, 0.717) is 5.69 Å². The molecule has 1 amide bonds. The van der Waals surface area contributed by atoms with Crippen LogP contribution in [-0.4, -0.2) is 16.1 Å². The summed E-state index contributed by atoms with van der Waals surface area (Å²) in [4.78, 5) is 12.2. The molecule has 0 radical (unpaired) electrons. The zero-order valence-electron chi connectivity index (χ0n) is 11.1. The van der Waals surface area contributed by atoms with Crippen molar-refractivity contribution >= 4 is 22.4 Å². The van der Waals surface area contributed by atoms with Crippen LogP contribution in [-0.2, 0) is 0 Å². The smallest absolute Gasteiger partial charge is 0.259 e. The molecule has 104 valence electrons. The number of phenolic OH excluding ortho intramolecular Hbond substituents is 2. The van der Waals surface area contributed by atoms with Gasteiger partial charge in [-0.3, -0.25) is 4.79 Å². The maximum absolute atomic E-state index is 12.2. The number of nitrogens with one attached hydrogen (secondary N) is 1. The Labute approximate surface area is 121 Å². The Hall–Kier alpha value is -3.01. The molecule has 0 unspecified atom stereocenters. The van der Waals surface area contributed by atoms with Crippen LogP contribution >= 0.6 is 0 Å². The molecule has 3 aromatic rings. The molecule has 0 saturated carbocycles. The summed E-state index contributed by atoms with van der Waals surface area (Å²) in [6.07, 6.45) is 0. The Kier molecular flexibility index (Phi) is 3.20. The Morgan fingerprint density at radius 3 is 2.14 bits per heavy atom. The first-order chi connectivity index (χ1) is 10.1. The van der Waals surface area contributed by atoms with Crippen molar-refractivity contribution in [1.82, 2.24) is 0 Å². The predicted molar refractivity (Wildman–Crippen MR) is 81.7 cm³/mol. The zero-order valence-corrected chi connectivity index (χ0v) is 11.1. The molecular weight excluding hydrogens is 266 g/mol. The zero-order chi connectivity index (χ0) is 14.8. The molecule has 0 bridgehead atoms. The Morgan fingerprint density at radius 1 is 0.810 bits per heavy atom. The molecule has 0 aliphatic heterocycles. The number of hydrogen-bond acceptors (Lipinski definition) is 3. The quantitative estimate of drug-likeness (QED) is 0.629. The lowest BCUT2D eigenvalue weighted by Gasteiger charge is -2.09. The molecule has 21 heavy (non-hydrogen) atoms. The summed E-state index contributed by atoms with van der Waals surface area (Å²) in [6, 6.07) is 17.1. The summed E-state index contributed by atoms with van der Waals surface area (Å²) in [7, 11) is 0. The average Bonchev–Trinajstić information content (AvgIpc) is 2.49. The van der Waals surface area contributed by atoms with Gasteiger partial charge >= 0.3 is 0 Å². The molecule has 0 aliphatic rings. The van der Waals surface area contributed by atoms with Crippen molar-refractivity contribution in [3.8, 4) is 11.5 Å². The number of carbonyl (C=O) groups excluding carboxylic acids is 1. The third-order valence-electron chi connectivity index (χ3n) is 3.26. The van der Waals surface area contributed by atoms with Crippen molar-refractivity contribution in [3.63, 3.8) is 0 Å². The van der Waals surface area contributed by atoms with Gasteiger partial charge in [-0.05, 0) is 35.0 Å². The highest BCUT2D eigenvalue weighted by atomic mass is 16.3. The molecule has 4 heteroatoms. The van der Waals surface area contributed by atoms with Crippen LogP contribution in [0.15, 0.2) is 60.7 Å². The minimum Gasteiger partial charge on any atom is -0.507 e. The number of hydrogen-bond donors (Lipinski definition) is 3. The minimum absolute atomic E-state index is 0.0221. The molecule has 3 aromatic carbocycles. The normalized spacial score (nSPS) is 10.5. The maximum Gasteiger partial charge on any atom is 0.259 e. The lowest BCUT2D eigenvalue weighted by atomic mass is 10.1. The molecule has 0 heterocycles. The van der Waals surface area contributed by atoms with Crippen molar-refractivity contribution in [2.45, 2.75) is 0 Å². The van der Waals surface area contributed by atoms with E-state index in [1.807, 2.05) is 24.3 Å². The lowest BCUT2D eigenvalue weighted by Crippen LogP contribution is -2.12. The van der Waals surface area contributed by atoms with Gasteiger partial charge in [0.05, 0.1) is 11.3 Å². The molecule has 0 saturated heterocycles. The van der Waals surface area contributed by atoms with E-state index in [-0.39, 0.29) is 17.1 Å². The first-order valence-electron chi connectivity index (χ1n) is 6.46. The summed E-state index contributed by atoms with van der Waals surface area (Å²) in [6.45, 7) is 0. The van der Waals surface area contributed by atoms with Gasteiger partial charge in [0.25, 0.3) is 5.91 Å². The summed E-state index contributed by atoms with van der Waals surface area (Å²) in [5.74, 6) is -0.590. The monoisotopic (exact) mass is 279 g/mol. The first-order valence-corrected chi connectivity index (χ1v) is 6.46. The Morgan fingerprint density at radius 2 is 1.43 bits per heavy atom. The highest BCUT2D eigenvalue weighted by molar-refractivity contribution is 6.09. The number of anilines is 1. The second-order valence-electron chi connectivity index (χ2n) is 4.69. The largest absolute Gasteiger partial charge is 0.507 e. The first kappa shape index (κ1) is 13.0. The fourth-order valence-electron chi connectivity index (χ4n) is 2.18. The summed E-state index contributed by atoms with van der Waals surface area (Å²) in [5.41, 5.74) is 0.465. The van der Waals surface area contributed by atoms with Crippen LogP contribution in [0.3, 0.4) is 0 Å². The van der Waals surface area contributed by atoms with Gasteiger partial charge in [-0.15, -0.1) is 0 Å². The van der Waals surface area contributed by atoms with Gasteiger partial charge in [-0.25, -0.2) is 0 Å². The van der Waals surface area contributed by atoms with Crippen molar-refractivity contribution in [2.24, 2.45) is 0 Å². The topological polar surface area (TPSA) is 69.6 Å². The maximum atomic E-state index is 12.2. The second kappa shape index (κ2) is 5.17. The molecule has 3 rings (SSSR count). The van der Waals surface area contributed by atoms with Crippen LogP contribution in [0, 0.1) is 0 Å². The highest BCUT2D eigenvalue weighted by Gasteiger charge is 2.13. The van der Waals surface area contributed by atoms with Crippen LogP contribution in [0.1, 0.15) is 10.4 Å². The van der Waals surface area contributed by atoms with E-state index in [4.69, 9.17) is 0 Å². The molecule has 0 atom stereocenters. The molecule has 0 spiro atoms. The molecular formula is C17H13NO3. The number of aromatic hydroxyl groups is 2. The number of benzene rings is 3. The molecule has 0 aliphatic carbocycles. The second-order valence-corrected chi connectivity index (χ2v) is 4.69. The van der Waals surface area contributed by atoms with E-state index >= 15 is 0 Å². The fourth-order valence-corrected chi connectivity index (χ4v) is 2.18. The highest BCUT2D eigenvalue weighted by Crippen LogP contribution is 2.27. The Bertz CT molecular complexity index is 827. The van der Waals surface area contributed by atoms with Crippen LogP contribution in [0.25, 0.3) is 10.8 Å². The summed E-state index contributed by atoms with van der Waals surface area (Å²) < 4.78 is 0. The summed E-state index contributed by atoms with van der Waals surface area (Å²) >= 11 is 0. The molecule has 0 aromatic heterocycles. The van der Waals surface area contributed by atoms with E-state index in [1.54, 1.807) is 30.3 Å². The Balaban J connectivity index is 1.98. The van der Waals surface area contributed by atoms with E-state index in [1.165, 1.54) is 6.07 Å². The molecule has 4 nitrogen and oxygen atoms in total. The fraction of sp³-hybridized carbons (Fsp3) is 0. The number of carbonyl (C=O) groups is 1. The van der Waals surface area contributed by atoms with Crippen LogP contribution < -0.4 is 5.32 Å². The van der Waals surface area contributed by atoms with Gasteiger partial charge in [0.1, 0.15) is 11.5 Å². The van der Waals surface area contributed by atoms with Gasteiger partial charge in [-0.1, -0.05) is 36.4 Å². The number of amides is 1. The SMILES string of the molecule is O=C(Nc1ccccc1O)c1cc2ccccc2cc1O. The van der Waals surface area contributed by atoms with Crippen molar-refractivity contribution in [3.05, 3.63) is 66.2 Å². The van der Waals surface area contributed by atoms with Crippen molar-refractivity contribution in [2.75, 3.05) is 5.32 Å². The van der Waals surface area contributed by atoms with E-state index in [9.17, 15) is 15.0 Å². The number of rotatable bonds is 2. The van der Waals surface area contributed by atoms with Gasteiger partial charge in [-0.2, -0.15) is 0 Å². The van der Waals surface area contributed by atoms with Crippen LogP contribution in [0.2, 0.25) is 0 Å². The van der Waals surface area contributed by atoms with E-state index in [2.05, 4.69) is 5.32 Å². The van der Waals surface area contributed by atoms with Gasteiger partial charge < -0.3 is 15.5 Å². The van der Waals surface area contributed by atoms with Gasteiger partial charge in [0.15, 0.2) is 0 Å². The third kappa shape index (κ3) is 2.51. The van der Waals surface area contributed by atoms with E-state index in [0.717, 1.165) is 10.8 Å². The van der Waals surface area contributed by atoms with Gasteiger partial charge in [0.2, 0.25) is 0 Å². The van der Waals surface area contributed by atoms with Crippen LogP contribution in [0.5, 0.6) is 11.5 Å². The minimum atomic E-state index is -0.472. The van der Waals surface area contributed by atoms with Crippen molar-refractivity contribution < 1.29 is 15.0 Å². The predicted octanol–water partition coefficient (Wildman–Crippen LogP) is 3.50. The van der Waals surface area contributed by atoms with E-state index < -0.39 is 5.91 Å². The lowest BCUT2D eigenvalue weighted by molar-refractivity contribution is 0.102. The number of para-hydroxylation sites is 2.